The number of benzene rings is 2. The van der Waals surface area contributed by atoms with E-state index in [2.05, 4.69) is 15.3 Å². The van der Waals surface area contributed by atoms with Crippen molar-refractivity contribution in [3.05, 3.63) is 82.4 Å². The Kier molecular flexibility index (Phi) is 4.27. The maximum atomic E-state index is 13.1. The van der Waals surface area contributed by atoms with Crippen LogP contribution < -0.4 is 5.32 Å². The van der Waals surface area contributed by atoms with E-state index in [1.165, 1.54) is 12.1 Å². The Morgan fingerprint density at radius 3 is 2.06 bits per heavy atom. The minimum atomic E-state index is -0.500. The average molecular weight is 466 g/mol. The lowest BCUT2D eigenvalue weighted by Crippen LogP contribution is -2.22. The molecule has 10 nitrogen and oxygen atoms in total. The third-order valence-corrected chi connectivity index (χ3v) is 6.42. The Hall–Kier alpha value is -4.99. The lowest BCUT2D eigenvalue weighted by atomic mass is 9.95. The van der Waals surface area contributed by atoms with E-state index in [0.29, 0.717) is 22.0 Å². The van der Waals surface area contributed by atoms with E-state index in [9.17, 15) is 19.7 Å². The summed E-state index contributed by atoms with van der Waals surface area (Å²) in [5.74, 6) is -0.250. The minimum Gasteiger partial charge on any atom is -0.350 e. The molecule has 0 fully saturated rings. The van der Waals surface area contributed by atoms with Crippen LogP contribution in [0.15, 0.2) is 61.2 Å². The van der Waals surface area contributed by atoms with Crippen LogP contribution in [0.5, 0.6) is 0 Å². The van der Waals surface area contributed by atoms with Gasteiger partial charge in [0.1, 0.15) is 5.82 Å². The first-order chi connectivity index (χ1) is 16.8. The topological polar surface area (TPSA) is 128 Å². The maximum Gasteiger partial charge on any atom is 0.271 e. The van der Waals surface area contributed by atoms with Crippen molar-refractivity contribution in [3.63, 3.8) is 0 Å². The summed E-state index contributed by atoms with van der Waals surface area (Å²) in [4.78, 5) is 44.2. The molecule has 0 saturated carbocycles. The van der Waals surface area contributed by atoms with Crippen molar-refractivity contribution < 1.29 is 14.5 Å². The lowest BCUT2D eigenvalue weighted by molar-refractivity contribution is -0.384. The number of nitro benzene ring substituents is 1. The van der Waals surface area contributed by atoms with Gasteiger partial charge in [0.05, 0.1) is 21.6 Å². The van der Waals surface area contributed by atoms with Crippen LogP contribution in [0.1, 0.15) is 11.1 Å². The fourth-order valence-electron chi connectivity index (χ4n) is 4.81. The molecule has 1 aliphatic rings. The van der Waals surface area contributed by atoms with Gasteiger partial charge in [0.2, 0.25) is 0 Å². The van der Waals surface area contributed by atoms with Gasteiger partial charge in [0.15, 0.2) is 0 Å². The van der Waals surface area contributed by atoms with Crippen molar-refractivity contribution in [1.82, 2.24) is 24.4 Å². The number of H-pyrrole nitrogens is 1. The molecule has 0 unspecified atom stereocenters. The van der Waals surface area contributed by atoms with Crippen molar-refractivity contribution in [1.29, 1.82) is 0 Å². The summed E-state index contributed by atoms with van der Waals surface area (Å²) < 4.78 is 3.63. The number of carbonyl (C=O) groups excluding carboxylic acids is 2. The average Bonchev–Trinajstić information content (AvgIpc) is 3.60. The number of fused-ring (bicyclic) bond motifs is 2. The summed E-state index contributed by atoms with van der Waals surface area (Å²) in [6, 6.07) is 10.3. The summed E-state index contributed by atoms with van der Waals surface area (Å²) in [7, 11) is 3.63. The molecule has 2 aromatic carbocycles. The molecule has 2 N–H and O–H groups in total. The van der Waals surface area contributed by atoms with Crippen molar-refractivity contribution in [2.24, 2.45) is 14.1 Å². The third kappa shape index (κ3) is 3.00. The van der Waals surface area contributed by atoms with Crippen LogP contribution >= 0.6 is 0 Å². The zero-order valence-electron chi connectivity index (χ0n) is 18.7. The van der Waals surface area contributed by atoms with E-state index in [1.807, 2.05) is 36.0 Å². The number of aryl methyl sites for hydroxylation is 2. The molecule has 172 valence electrons. The molecule has 0 radical (unpaired) electrons. The van der Waals surface area contributed by atoms with Gasteiger partial charge in [-0.15, -0.1) is 0 Å². The zero-order chi connectivity index (χ0) is 24.4. The zero-order valence-corrected chi connectivity index (χ0v) is 18.7. The van der Waals surface area contributed by atoms with Crippen LogP contribution in [0.2, 0.25) is 0 Å². The standard InChI is InChI=1S/C25H18N6O4/c1-29-11-17(15-5-3-13(9-19(15)29)23-26-7-8-27-23)21-22(25(33)28-24(21)32)18-12-30(2)20-10-14(31(34)35)4-6-16(18)20/h3-12H,1-2H3,(H,26,27)(H,28,32,33). The number of amides is 2. The highest BCUT2D eigenvalue weighted by Crippen LogP contribution is 2.39. The third-order valence-electron chi connectivity index (χ3n) is 6.42. The lowest BCUT2D eigenvalue weighted by Gasteiger charge is -2.04. The van der Waals surface area contributed by atoms with Crippen LogP contribution in [0.25, 0.3) is 44.3 Å². The first-order valence-corrected chi connectivity index (χ1v) is 10.8. The smallest absolute Gasteiger partial charge is 0.271 e. The number of nitro groups is 1. The number of aromatic amines is 1. The second kappa shape index (κ2) is 7.26. The minimum absolute atomic E-state index is 0.0483. The van der Waals surface area contributed by atoms with E-state index in [4.69, 9.17) is 0 Å². The molecule has 0 spiro atoms. The van der Waals surface area contributed by atoms with E-state index in [0.717, 1.165) is 22.3 Å². The molecular formula is C25H18N6O4. The predicted molar refractivity (Wildman–Crippen MR) is 130 cm³/mol. The molecule has 6 rings (SSSR count). The SMILES string of the molecule is Cn1cc(C2=C(c3cn(C)c4cc([N+](=O)[O-])ccc34)C(=O)NC2=O)c2ccc(-c3ncc[nH]3)cc21. The fourth-order valence-corrected chi connectivity index (χ4v) is 4.81. The molecule has 4 heterocycles. The first-order valence-electron chi connectivity index (χ1n) is 10.8. The Morgan fingerprint density at radius 2 is 1.49 bits per heavy atom. The molecule has 0 aliphatic carbocycles. The van der Waals surface area contributed by atoms with Crippen molar-refractivity contribution in [3.8, 4) is 11.4 Å². The second-order valence-electron chi connectivity index (χ2n) is 8.47. The van der Waals surface area contributed by atoms with Crippen LogP contribution in [0, 0.1) is 10.1 Å². The van der Waals surface area contributed by atoms with E-state index in [1.54, 1.807) is 36.3 Å². The number of nitrogens with one attached hydrogen (secondary N) is 2. The molecule has 0 atom stereocenters. The normalized spacial score (nSPS) is 13.9. The van der Waals surface area contributed by atoms with Gasteiger partial charge in [-0.05, 0) is 12.1 Å². The summed E-state index contributed by atoms with van der Waals surface area (Å²) in [5, 5.41) is 15.1. The summed E-state index contributed by atoms with van der Waals surface area (Å²) in [5.41, 5.74) is 4.01. The highest BCUT2D eigenvalue weighted by atomic mass is 16.6. The number of aromatic nitrogens is 4. The quantitative estimate of drug-likeness (QED) is 0.238. The second-order valence-corrected chi connectivity index (χ2v) is 8.47. The van der Waals surface area contributed by atoms with E-state index in [-0.39, 0.29) is 16.8 Å². The van der Waals surface area contributed by atoms with Gasteiger partial charge in [-0.3, -0.25) is 25.0 Å². The largest absolute Gasteiger partial charge is 0.350 e. The first kappa shape index (κ1) is 20.6. The summed E-state index contributed by atoms with van der Waals surface area (Å²) in [6.45, 7) is 0. The summed E-state index contributed by atoms with van der Waals surface area (Å²) in [6.07, 6.45) is 6.99. The molecule has 0 bridgehead atoms. The van der Waals surface area contributed by atoms with Gasteiger partial charge in [0.25, 0.3) is 17.5 Å². The number of non-ortho nitro benzene ring substituents is 1. The number of rotatable bonds is 4. The molecule has 35 heavy (non-hydrogen) atoms. The Bertz CT molecular complexity index is 1750. The highest BCUT2D eigenvalue weighted by Gasteiger charge is 2.35. The Balaban J connectivity index is 1.60. The van der Waals surface area contributed by atoms with Crippen molar-refractivity contribution >= 4 is 50.5 Å². The van der Waals surface area contributed by atoms with Gasteiger partial charge < -0.3 is 14.1 Å². The molecular weight excluding hydrogens is 448 g/mol. The molecule has 1 aliphatic heterocycles. The van der Waals surface area contributed by atoms with Gasteiger partial charge in [-0.25, -0.2) is 4.98 Å². The van der Waals surface area contributed by atoms with Crippen LogP contribution in [0.4, 0.5) is 5.69 Å². The molecule has 3 aromatic heterocycles. The van der Waals surface area contributed by atoms with Gasteiger partial charge in [0, 0.05) is 84.0 Å². The molecule has 5 aromatic rings. The number of hydrogen-bond donors (Lipinski definition) is 2. The fraction of sp³-hybridized carbons (Fsp3) is 0.0800. The molecule has 2 amide bonds. The van der Waals surface area contributed by atoms with Crippen LogP contribution in [0.3, 0.4) is 0 Å². The number of hydrogen-bond acceptors (Lipinski definition) is 5. The number of imidazole rings is 1. The molecule has 0 saturated heterocycles. The van der Waals surface area contributed by atoms with Gasteiger partial charge >= 0.3 is 0 Å². The Labute approximate surface area is 197 Å². The number of nitrogens with zero attached hydrogens (tertiary/aromatic N) is 4. The van der Waals surface area contributed by atoms with Gasteiger partial charge in [-0.1, -0.05) is 12.1 Å². The van der Waals surface area contributed by atoms with Crippen LogP contribution in [-0.2, 0) is 23.7 Å². The monoisotopic (exact) mass is 466 g/mol. The maximum absolute atomic E-state index is 13.1. The predicted octanol–water partition coefficient (Wildman–Crippen LogP) is 3.54. The molecule has 10 heteroatoms. The highest BCUT2D eigenvalue weighted by molar-refractivity contribution is 6.50. The summed E-state index contributed by atoms with van der Waals surface area (Å²) >= 11 is 0. The number of carbonyl (C=O) groups is 2. The van der Waals surface area contributed by atoms with E-state index >= 15 is 0 Å². The number of imide groups is 1. The Morgan fingerprint density at radius 1 is 0.886 bits per heavy atom. The van der Waals surface area contributed by atoms with Crippen LogP contribution in [-0.4, -0.2) is 35.8 Å². The van der Waals surface area contributed by atoms with Gasteiger partial charge in [-0.2, -0.15) is 0 Å². The van der Waals surface area contributed by atoms with Crippen molar-refractivity contribution in [2.45, 2.75) is 0 Å². The van der Waals surface area contributed by atoms with Crippen molar-refractivity contribution in [2.75, 3.05) is 0 Å². The van der Waals surface area contributed by atoms with E-state index < -0.39 is 16.7 Å².